The quantitative estimate of drug-likeness (QED) is 0.611. The lowest BCUT2D eigenvalue weighted by molar-refractivity contribution is -0.137. The maximum Gasteiger partial charge on any atom is 0.416 e. The van der Waals surface area contributed by atoms with Crippen molar-refractivity contribution in [3.05, 3.63) is 65.4 Å². The van der Waals surface area contributed by atoms with Crippen LogP contribution in [0.15, 0.2) is 54.9 Å². The molecule has 0 unspecified atom stereocenters. The first-order valence-corrected chi connectivity index (χ1v) is 9.73. The molecule has 0 amide bonds. The van der Waals surface area contributed by atoms with Crippen LogP contribution in [0.2, 0.25) is 5.02 Å². The van der Waals surface area contributed by atoms with Crippen LogP contribution in [0.3, 0.4) is 0 Å². The molecule has 148 valence electrons. The molecule has 3 rings (SSSR count). The largest absolute Gasteiger partial charge is 0.416 e. The van der Waals surface area contributed by atoms with Gasteiger partial charge < -0.3 is 0 Å². The van der Waals surface area contributed by atoms with Crippen molar-refractivity contribution in [3.8, 4) is 22.5 Å². The summed E-state index contributed by atoms with van der Waals surface area (Å²) in [6, 6.07) is 10.8. The normalized spacial score (nSPS) is 12.5. The van der Waals surface area contributed by atoms with Crippen LogP contribution in [0.5, 0.6) is 0 Å². The van der Waals surface area contributed by atoms with Crippen LogP contribution in [0.4, 0.5) is 13.2 Å². The molecule has 28 heavy (non-hydrogen) atoms. The molecule has 0 aliphatic carbocycles. The molecule has 0 N–H and O–H groups in total. The molecule has 0 atom stereocenters. The molecule has 0 bridgehead atoms. The van der Waals surface area contributed by atoms with Gasteiger partial charge in [0.05, 0.1) is 17.0 Å². The smallest absolute Gasteiger partial charge is 0.235 e. The zero-order chi connectivity index (χ0) is 20.7. The van der Waals surface area contributed by atoms with Gasteiger partial charge in [-0.3, -0.25) is 0 Å². The highest BCUT2D eigenvalue weighted by molar-refractivity contribution is 7.87. The fraction of sp³-hybridized carbons (Fsp3) is 0.167. The molecule has 3 aromatic rings. The third-order valence-electron chi connectivity index (χ3n) is 4.05. The Bertz CT molecular complexity index is 1090. The van der Waals surface area contributed by atoms with E-state index in [1.54, 1.807) is 24.3 Å². The van der Waals surface area contributed by atoms with Crippen molar-refractivity contribution >= 4 is 21.8 Å². The number of alkyl halides is 3. The lowest BCUT2D eigenvalue weighted by atomic mass is 10.0. The molecule has 1 aromatic heterocycles. The Morgan fingerprint density at radius 3 is 2.00 bits per heavy atom. The van der Waals surface area contributed by atoms with E-state index in [2.05, 4.69) is 4.98 Å². The summed E-state index contributed by atoms with van der Waals surface area (Å²) in [5.41, 5.74) is 0.491. The van der Waals surface area contributed by atoms with Crippen molar-refractivity contribution in [1.29, 1.82) is 0 Å². The summed E-state index contributed by atoms with van der Waals surface area (Å²) in [4.78, 5) is 4.20. The molecule has 1 heterocycles. The van der Waals surface area contributed by atoms with Gasteiger partial charge in [-0.05, 0) is 24.3 Å². The highest BCUT2D eigenvalue weighted by Gasteiger charge is 2.31. The van der Waals surface area contributed by atoms with E-state index in [0.717, 1.165) is 26.7 Å². The summed E-state index contributed by atoms with van der Waals surface area (Å²) in [5.74, 6) is 0. The number of imidazole rings is 1. The summed E-state index contributed by atoms with van der Waals surface area (Å²) < 4.78 is 66.0. The topological polar surface area (TPSA) is 55.2 Å². The zero-order valence-electron chi connectivity index (χ0n) is 14.8. The van der Waals surface area contributed by atoms with Gasteiger partial charge in [-0.2, -0.15) is 25.9 Å². The number of halogens is 4. The van der Waals surface area contributed by atoms with Crippen molar-refractivity contribution in [2.75, 3.05) is 14.1 Å². The summed E-state index contributed by atoms with van der Waals surface area (Å²) >= 11 is 5.90. The summed E-state index contributed by atoms with van der Waals surface area (Å²) in [7, 11) is -1.24. The Hall–Kier alpha value is -2.36. The van der Waals surface area contributed by atoms with Crippen LogP contribution in [-0.2, 0) is 16.4 Å². The maximum absolute atomic E-state index is 12.9. The van der Waals surface area contributed by atoms with E-state index < -0.39 is 21.9 Å². The SMILES string of the molecule is CN(C)S(=O)(=O)n1cnc(-c2ccc(Cl)cc2)c1-c1ccc(C(F)(F)F)cc1. The minimum atomic E-state index is -4.49. The first kappa shape index (κ1) is 20.4. The van der Waals surface area contributed by atoms with E-state index in [1.165, 1.54) is 26.2 Å². The lowest BCUT2D eigenvalue weighted by Crippen LogP contribution is -2.28. The van der Waals surface area contributed by atoms with Gasteiger partial charge in [-0.1, -0.05) is 35.9 Å². The maximum atomic E-state index is 12.9. The van der Waals surface area contributed by atoms with Crippen molar-refractivity contribution in [1.82, 2.24) is 13.3 Å². The second-order valence-corrected chi connectivity index (χ2v) is 8.57. The van der Waals surface area contributed by atoms with E-state index in [0.29, 0.717) is 16.3 Å². The number of hydrogen-bond acceptors (Lipinski definition) is 3. The Morgan fingerprint density at radius 2 is 1.50 bits per heavy atom. The third kappa shape index (κ3) is 3.78. The van der Waals surface area contributed by atoms with Gasteiger partial charge >= 0.3 is 16.4 Å². The molecule has 0 spiro atoms. The zero-order valence-corrected chi connectivity index (χ0v) is 16.3. The standard InChI is InChI=1S/C18H15ClF3N3O2S/c1-24(2)28(26,27)25-11-23-16(12-5-9-15(19)10-6-12)17(25)13-3-7-14(8-4-13)18(20,21)22/h3-11H,1-2H3. The lowest BCUT2D eigenvalue weighted by Gasteiger charge is -2.16. The fourth-order valence-corrected chi connectivity index (χ4v) is 3.65. The number of rotatable bonds is 4. The molecule has 0 aliphatic rings. The number of aromatic nitrogens is 2. The molecule has 0 radical (unpaired) electrons. The molecule has 0 fully saturated rings. The molecular formula is C18H15ClF3N3O2S. The minimum absolute atomic E-state index is 0.157. The van der Waals surface area contributed by atoms with Crippen LogP contribution in [0.1, 0.15) is 5.56 Å². The van der Waals surface area contributed by atoms with Gasteiger partial charge in [0, 0.05) is 30.2 Å². The van der Waals surface area contributed by atoms with E-state index in [1.807, 2.05) is 0 Å². The van der Waals surface area contributed by atoms with Gasteiger partial charge in [0.2, 0.25) is 0 Å². The van der Waals surface area contributed by atoms with Crippen LogP contribution >= 0.6 is 11.6 Å². The Kier molecular flexibility index (Phi) is 5.26. The van der Waals surface area contributed by atoms with E-state index in [4.69, 9.17) is 11.6 Å². The van der Waals surface area contributed by atoms with Crippen molar-refractivity contribution in [2.45, 2.75) is 6.18 Å². The second kappa shape index (κ2) is 7.23. The Labute approximate surface area is 165 Å². The van der Waals surface area contributed by atoms with Crippen molar-refractivity contribution in [2.24, 2.45) is 0 Å². The molecular weight excluding hydrogens is 415 g/mol. The van der Waals surface area contributed by atoms with Gasteiger partial charge in [0.1, 0.15) is 6.33 Å². The molecule has 0 saturated carbocycles. The van der Waals surface area contributed by atoms with Gasteiger partial charge in [-0.15, -0.1) is 0 Å². The highest BCUT2D eigenvalue weighted by Crippen LogP contribution is 2.35. The van der Waals surface area contributed by atoms with Crippen molar-refractivity contribution in [3.63, 3.8) is 0 Å². The van der Waals surface area contributed by atoms with Gasteiger partial charge in [0.15, 0.2) is 0 Å². The average Bonchev–Trinajstić information content (AvgIpc) is 3.07. The first-order valence-electron chi connectivity index (χ1n) is 7.96. The number of benzene rings is 2. The van der Waals surface area contributed by atoms with Crippen LogP contribution < -0.4 is 0 Å². The number of hydrogen-bond donors (Lipinski definition) is 0. The van der Waals surface area contributed by atoms with Crippen molar-refractivity contribution < 1.29 is 21.6 Å². The fourth-order valence-electron chi connectivity index (χ4n) is 2.58. The highest BCUT2D eigenvalue weighted by atomic mass is 35.5. The van der Waals surface area contributed by atoms with Crippen LogP contribution in [0.25, 0.3) is 22.5 Å². The summed E-state index contributed by atoms with van der Waals surface area (Å²) in [6.45, 7) is 0. The number of nitrogens with zero attached hydrogens (tertiary/aromatic N) is 3. The molecule has 0 saturated heterocycles. The molecule has 0 aliphatic heterocycles. The molecule has 5 nitrogen and oxygen atoms in total. The van der Waals surface area contributed by atoms with E-state index >= 15 is 0 Å². The van der Waals surface area contributed by atoms with Gasteiger partial charge in [0.25, 0.3) is 0 Å². The minimum Gasteiger partial charge on any atom is -0.235 e. The second-order valence-electron chi connectivity index (χ2n) is 6.11. The van der Waals surface area contributed by atoms with Crippen LogP contribution in [0, 0.1) is 0 Å². The monoisotopic (exact) mass is 429 g/mol. The average molecular weight is 430 g/mol. The van der Waals surface area contributed by atoms with Gasteiger partial charge in [-0.25, -0.2) is 8.96 Å². The predicted molar refractivity (Wildman–Crippen MR) is 101 cm³/mol. The molecule has 2 aromatic carbocycles. The van der Waals surface area contributed by atoms with Crippen LogP contribution in [-0.4, -0.2) is 35.8 Å². The van der Waals surface area contributed by atoms with E-state index in [9.17, 15) is 21.6 Å². The Morgan fingerprint density at radius 1 is 0.964 bits per heavy atom. The summed E-state index contributed by atoms with van der Waals surface area (Å²) in [6.07, 6.45) is -3.36. The Balaban J connectivity index is 2.24. The first-order chi connectivity index (χ1) is 13.0. The van der Waals surface area contributed by atoms with E-state index in [-0.39, 0.29) is 11.3 Å². The summed E-state index contributed by atoms with van der Waals surface area (Å²) in [5, 5.41) is 0.486. The predicted octanol–water partition coefficient (Wildman–Crippen LogP) is 4.54. The third-order valence-corrected chi connectivity index (χ3v) is 6.00. The molecule has 10 heteroatoms.